The molecule has 9 nitrogen and oxygen atoms in total. The van der Waals surface area contributed by atoms with Crippen LogP contribution in [0.4, 0.5) is 10.5 Å². The Morgan fingerprint density at radius 2 is 1.74 bits per heavy atom. The van der Waals surface area contributed by atoms with E-state index in [-0.39, 0.29) is 43.9 Å². The molecule has 9 heteroatoms. The van der Waals surface area contributed by atoms with Gasteiger partial charge >= 0.3 is 12.0 Å². The van der Waals surface area contributed by atoms with Gasteiger partial charge in [-0.1, -0.05) is 73.7 Å². The van der Waals surface area contributed by atoms with Crippen LogP contribution in [0.5, 0.6) is 0 Å². The highest BCUT2D eigenvalue weighted by molar-refractivity contribution is 5.91. The average molecular weight is 576 g/mol. The number of likely N-dealkylation sites (N-methyl/N-ethyl adjacent to an activating group) is 1. The smallest absolute Gasteiger partial charge is 0.325 e. The number of anilines is 1. The Balaban J connectivity index is 1.53. The number of aliphatic hydroxyl groups is 1. The van der Waals surface area contributed by atoms with Crippen LogP contribution in [0.3, 0.4) is 0 Å². The summed E-state index contributed by atoms with van der Waals surface area (Å²) in [6.07, 6.45) is -1.10. The third kappa shape index (κ3) is 8.17. The fourth-order valence-electron chi connectivity index (χ4n) is 5.06. The number of hydrogen-bond acceptors (Lipinski definition) is 7. The topological polar surface area (TPSA) is 109 Å². The molecule has 3 aromatic carbocycles. The van der Waals surface area contributed by atoms with Gasteiger partial charge in [0.1, 0.15) is 6.54 Å². The van der Waals surface area contributed by atoms with E-state index in [4.69, 9.17) is 14.2 Å². The number of amides is 2. The predicted molar refractivity (Wildman–Crippen MR) is 161 cm³/mol. The number of nitrogens with one attached hydrogen (secondary N) is 2. The maximum atomic E-state index is 12.4. The molecule has 0 radical (unpaired) electrons. The molecule has 42 heavy (non-hydrogen) atoms. The van der Waals surface area contributed by atoms with Gasteiger partial charge in [0.15, 0.2) is 6.29 Å². The molecule has 1 saturated heterocycles. The molecule has 224 valence electrons. The first-order valence-corrected chi connectivity index (χ1v) is 14.3. The van der Waals surface area contributed by atoms with Gasteiger partial charge in [-0.15, -0.1) is 0 Å². The van der Waals surface area contributed by atoms with Gasteiger partial charge in [-0.05, 0) is 49.7 Å². The molecular formula is C33H41N3O6. The third-order valence-corrected chi connectivity index (χ3v) is 7.65. The minimum Gasteiger partial charge on any atom is -0.465 e. The summed E-state index contributed by atoms with van der Waals surface area (Å²) in [7, 11) is 2.10. The maximum absolute atomic E-state index is 12.4. The summed E-state index contributed by atoms with van der Waals surface area (Å²) in [5.41, 5.74) is 4.36. The summed E-state index contributed by atoms with van der Waals surface area (Å²) in [4.78, 5) is 26.3. The van der Waals surface area contributed by atoms with Crippen molar-refractivity contribution in [2.45, 2.75) is 51.9 Å². The summed E-state index contributed by atoms with van der Waals surface area (Å²) in [5.74, 6) is -0.475. The Hall–Kier alpha value is -3.76. The van der Waals surface area contributed by atoms with Gasteiger partial charge in [0.05, 0.1) is 25.4 Å². The Bertz CT molecular complexity index is 1300. The Morgan fingerprint density at radius 3 is 2.43 bits per heavy atom. The van der Waals surface area contributed by atoms with Crippen molar-refractivity contribution in [1.29, 1.82) is 0 Å². The minimum absolute atomic E-state index is 0.0228. The van der Waals surface area contributed by atoms with E-state index in [0.717, 1.165) is 16.7 Å². The van der Waals surface area contributed by atoms with Gasteiger partial charge in [-0.3, -0.25) is 9.69 Å². The summed E-state index contributed by atoms with van der Waals surface area (Å²) in [6, 6.07) is 25.2. The first kappa shape index (κ1) is 31.2. The zero-order valence-corrected chi connectivity index (χ0v) is 24.7. The molecule has 4 rings (SSSR count). The van der Waals surface area contributed by atoms with Crippen molar-refractivity contribution in [2.75, 3.05) is 32.1 Å². The molecule has 1 fully saturated rings. The van der Waals surface area contributed by atoms with Gasteiger partial charge in [-0.2, -0.15) is 0 Å². The van der Waals surface area contributed by atoms with E-state index in [1.54, 1.807) is 13.0 Å². The molecule has 0 spiro atoms. The van der Waals surface area contributed by atoms with Crippen molar-refractivity contribution in [1.82, 2.24) is 10.2 Å². The molecule has 3 aromatic rings. The van der Waals surface area contributed by atoms with E-state index in [0.29, 0.717) is 12.2 Å². The highest BCUT2D eigenvalue weighted by atomic mass is 16.7. The van der Waals surface area contributed by atoms with E-state index < -0.39 is 18.3 Å². The number of ether oxygens (including phenoxy) is 3. The lowest BCUT2D eigenvalue weighted by molar-refractivity contribution is -0.276. The Labute approximate surface area is 247 Å². The lowest BCUT2D eigenvalue weighted by atomic mass is 9.89. The van der Waals surface area contributed by atoms with Gasteiger partial charge in [0.2, 0.25) is 0 Å². The number of rotatable bonds is 11. The summed E-state index contributed by atoms with van der Waals surface area (Å²) < 4.78 is 18.0. The minimum atomic E-state index is -0.682. The van der Waals surface area contributed by atoms with E-state index in [1.165, 1.54) is 5.56 Å². The Kier molecular flexibility index (Phi) is 11.1. The number of carbonyl (C=O) groups excluding carboxylic acids is 2. The predicted octanol–water partition coefficient (Wildman–Crippen LogP) is 5.35. The van der Waals surface area contributed by atoms with Crippen LogP contribution in [0.2, 0.25) is 0 Å². The molecule has 1 heterocycles. The number of carbonyl (C=O) groups is 2. The zero-order valence-electron chi connectivity index (χ0n) is 24.7. The molecule has 5 atom stereocenters. The van der Waals surface area contributed by atoms with Crippen LogP contribution in [0.25, 0.3) is 0 Å². The molecule has 3 N–H and O–H groups in total. The number of benzene rings is 3. The molecular weight excluding hydrogens is 534 g/mol. The first-order valence-electron chi connectivity index (χ1n) is 14.3. The van der Waals surface area contributed by atoms with E-state index in [2.05, 4.69) is 48.6 Å². The quantitative estimate of drug-likeness (QED) is 0.265. The third-order valence-electron chi connectivity index (χ3n) is 7.65. The molecule has 1 aliphatic heterocycles. The van der Waals surface area contributed by atoms with Crippen molar-refractivity contribution >= 4 is 17.7 Å². The van der Waals surface area contributed by atoms with Crippen LogP contribution < -0.4 is 10.6 Å². The summed E-state index contributed by atoms with van der Waals surface area (Å²) >= 11 is 0. The average Bonchev–Trinajstić information content (AvgIpc) is 3.01. The van der Waals surface area contributed by atoms with E-state index in [1.807, 2.05) is 60.7 Å². The second-order valence-corrected chi connectivity index (χ2v) is 10.6. The number of esters is 1. The fourth-order valence-corrected chi connectivity index (χ4v) is 5.06. The van der Waals surface area contributed by atoms with Crippen LogP contribution in [0, 0.1) is 5.92 Å². The molecule has 1 aliphatic rings. The number of aliphatic hydroxyl groups excluding tert-OH is 1. The van der Waals surface area contributed by atoms with Gasteiger partial charge in [-0.25, -0.2) is 4.79 Å². The second kappa shape index (κ2) is 14.9. The fraction of sp³-hybridized carbons (Fsp3) is 0.394. The Morgan fingerprint density at radius 1 is 1.00 bits per heavy atom. The molecule has 0 aromatic heterocycles. The van der Waals surface area contributed by atoms with Crippen molar-refractivity contribution in [3.05, 3.63) is 101 Å². The highest BCUT2D eigenvalue weighted by Crippen LogP contribution is 2.42. The summed E-state index contributed by atoms with van der Waals surface area (Å²) in [5, 5.41) is 14.8. The van der Waals surface area contributed by atoms with Crippen LogP contribution in [0.15, 0.2) is 78.9 Å². The highest BCUT2D eigenvalue weighted by Gasteiger charge is 2.39. The molecule has 2 amide bonds. The van der Waals surface area contributed by atoms with Crippen molar-refractivity contribution in [2.24, 2.45) is 5.92 Å². The lowest BCUT2D eigenvalue weighted by Gasteiger charge is -2.43. The van der Waals surface area contributed by atoms with Gasteiger partial charge in [0.25, 0.3) is 0 Å². The normalized spacial score (nSPS) is 21.0. The number of urea groups is 1. The van der Waals surface area contributed by atoms with Crippen LogP contribution in [0.1, 0.15) is 61.5 Å². The molecule has 5 unspecified atom stereocenters. The molecule has 0 saturated carbocycles. The van der Waals surface area contributed by atoms with Crippen LogP contribution in [-0.4, -0.2) is 54.9 Å². The first-order chi connectivity index (χ1) is 20.3. The van der Waals surface area contributed by atoms with Crippen LogP contribution in [-0.2, 0) is 25.6 Å². The van der Waals surface area contributed by atoms with Crippen molar-refractivity contribution < 1.29 is 28.9 Å². The van der Waals surface area contributed by atoms with E-state index in [9.17, 15) is 14.7 Å². The van der Waals surface area contributed by atoms with Gasteiger partial charge < -0.3 is 30.0 Å². The lowest BCUT2D eigenvalue weighted by Crippen LogP contribution is -2.44. The maximum Gasteiger partial charge on any atom is 0.325 e. The van der Waals surface area contributed by atoms with Crippen molar-refractivity contribution in [3.8, 4) is 0 Å². The standard InChI is InChI=1S/C33H41N3O6/c1-5-40-30(38)19-34-33(39)35-28-13-9-12-27(18-28)32-41-29(20-36(4)23(3)25-10-7-6-8-11-25)22(2)31(42-32)26-16-14-24(21-37)15-17-26/h6-18,22-23,29,31-32,37H,5,19-21H2,1-4H3,(H2,34,35,39). The zero-order chi connectivity index (χ0) is 30.1. The number of hydrogen-bond donors (Lipinski definition) is 3. The molecule has 0 aliphatic carbocycles. The second-order valence-electron chi connectivity index (χ2n) is 10.6. The van der Waals surface area contributed by atoms with Crippen molar-refractivity contribution in [3.63, 3.8) is 0 Å². The van der Waals surface area contributed by atoms with Crippen LogP contribution >= 0.6 is 0 Å². The van der Waals surface area contributed by atoms with E-state index >= 15 is 0 Å². The monoisotopic (exact) mass is 575 g/mol. The summed E-state index contributed by atoms with van der Waals surface area (Å²) in [6.45, 7) is 6.71. The number of nitrogens with zero attached hydrogens (tertiary/aromatic N) is 1. The SMILES string of the molecule is CCOC(=O)CNC(=O)Nc1cccc(C2OC(CN(C)C(C)c3ccccc3)C(C)C(c3ccc(CO)cc3)O2)c1. The van der Waals surface area contributed by atoms with Gasteiger partial charge in [0, 0.05) is 29.8 Å². The molecule has 0 bridgehead atoms. The largest absolute Gasteiger partial charge is 0.465 e.